The molecule has 0 N–H and O–H groups in total. The van der Waals surface area contributed by atoms with Crippen LogP contribution in [0.5, 0.6) is 23.0 Å². The Morgan fingerprint density at radius 1 is 0.558 bits per heavy atom. The molecule has 0 amide bonds. The largest absolute Gasteiger partial charge is 0.487 e. The zero-order valence-corrected chi connectivity index (χ0v) is 31.5. The number of unbranched alkanes of at least 4 members (excludes halogenated alkanes) is 10. The molecule has 0 radical (unpaired) electrons. The van der Waals surface area contributed by atoms with Gasteiger partial charge in [-0.15, -0.1) is 5.11 Å². The lowest BCUT2D eigenvalue weighted by Crippen LogP contribution is -2.11. The zero-order valence-electron chi connectivity index (χ0n) is 30.7. The number of azo groups is 1. The maximum absolute atomic E-state index is 13.2. The van der Waals surface area contributed by atoms with Crippen LogP contribution >= 0.6 is 11.6 Å². The topological polar surface area (TPSA) is 95.8 Å². The van der Waals surface area contributed by atoms with Crippen molar-refractivity contribution in [2.45, 2.75) is 97.8 Å². The summed E-state index contributed by atoms with van der Waals surface area (Å²) in [6, 6.07) is 23.9. The summed E-state index contributed by atoms with van der Waals surface area (Å²) in [5.41, 5.74) is 2.87. The van der Waals surface area contributed by atoms with E-state index < -0.39 is 11.9 Å². The number of benzene rings is 4. The van der Waals surface area contributed by atoms with Gasteiger partial charge >= 0.3 is 11.9 Å². The third kappa shape index (κ3) is 13.5. The molecule has 0 saturated heterocycles. The lowest BCUT2D eigenvalue weighted by Gasteiger charge is -2.18. The van der Waals surface area contributed by atoms with E-state index in [1.54, 1.807) is 72.8 Å². The van der Waals surface area contributed by atoms with E-state index in [1.807, 2.05) is 19.1 Å². The molecular formula is C43H51ClN2O6. The summed E-state index contributed by atoms with van der Waals surface area (Å²) >= 11 is 6.05. The Hall–Kier alpha value is -4.69. The molecule has 0 fully saturated rings. The summed E-state index contributed by atoms with van der Waals surface area (Å²) in [7, 11) is 0. The minimum atomic E-state index is -0.541. The van der Waals surface area contributed by atoms with Crippen LogP contribution in [0.3, 0.4) is 0 Å². The first kappa shape index (κ1) is 40.1. The standard InChI is InChI=1S/C43H51ClN2O6/c1-4-6-8-10-12-14-30-49-40-38(46-45-36-24-26-37(27-25-36)51-42(47)33-18-16-32(3)17-19-33)28-29-39(41(40)50-31-15-13-11-9-7-5-2)52-43(48)34-20-22-35(44)23-21-34/h16-29H,4-15,30-31H2,1-3H3. The van der Waals surface area contributed by atoms with Crippen molar-refractivity contribution in [3.05, 3.63) is 107 Å². The molecule has 4 rings (SSSR count). The van der Waals surface area contributed by atoms with Gasteiger partial charge in [0.25, 0.3) is 0 Å². The maximum Gasteiger partial charge on any atom is 0.343 e. The van der Waals surface area contributed by atoms with Crippen molar-refractivity contribution in [3.8, 4) is 23.0 Å². The molecular weight excluding hydrogens is 676 g/mol. The van der Waals surface area contributed by atoms with Gasteiger partial charge in [0.15, 0.2) is 11.5 Å². The number of halogens is 1. The van der Waals surface area contributed by atoms with Crippen molar-refractivity contribution in [2.75, 3.05) is 13.2 Å². The number of aryl methyl sites for hydroxylation is 1. The summed E-state index contributed by atoms with van der Waals surface area (Å²) in [4.78, 5) is 25.8. The van der Waals surface area contributed by atoms with Gasteiger partial charge in [0.2, 0.25) is 5.75 Å². The second kappa shape index (κ2) is 22.3. The van der Waals surface area contributed by atoms with E-state index in [0.717, 1.165) is 44.1 Å². The van der Waals surface area contributed by atoms with Crippen molar-refractivity contribution in [1.82, 2.24) is 0 Å². The monoisotopic (exact) mass is 726 g/mol. The fraction of sp³-hybridized carbons (Fsp3) is 0.395. The molecule has 0 aliphatic heterocycles. The molecule has 0 bridgehead atoms. The van der Waals surface area contributed by atoms with Gasteiger partial charge in [-0.25, -0.2) is 9.59 Å². The van der Waals surface area contributed by atoms with Gasteiger partial charge in [0.1, 0.15) is 11.4 Å². The Morgan fingerprint density at radius 2 is 1.08 bits per heavy atom. The Morgan fingerprint density at radius 3 is 1.67 bits per heavy atom. The van der Waals surface area contributed by atoms with Gasteiger partial charge < -0.3 is 18.9 Å². The molecule has 0 unspecified atom stereocenters. The van der Waals surface area contributed by atoms with Crippen LogP contribution in [0.25, 0.3) is 0 Å². The molecule has 0 atom stereocenters. The van der Waals surface area contributed by atoms with Crippen LogP contribution in [0.1, 0.15) is 117 Å². The van der Waals surface area contributed by atoms with Crippen molar-refractivity contribution >= 4 is 34.9 Å². The molecule has 276 valence electrons. The van der Waals surface area contributed by atoms with Crippen LogP contribution in [0.15, 0.2) is 95.2 Å². The van der Waals surface area contributed by atoms with E-state index in [4.69, 9.17) is 30.5 Å². The molecule has 0 aliphatic carbocycles. The first-order valence-electron chi connectivity index (χ1n) is 18.6. The predicted molar refractivity (Wildman–Crippen MR) is 207 cm³/mol. The van der Waals surface area contributed by atoms with Crippen LogP contribution in [0.2, 0.25) is 5.02 Å². The highest BCUT2D eigenvalue weighted by Gasteiger charge is 2.21. The molecule has 4 aromatic carbocycles. The summed E-state index contributed by atoms with van der Waals surface area (Å²) in [5, 5.41) is 9.53. The van der Waals surface area contributed by atoms with E-state index in [9.17, 15) is 9.59 Å². The van der Waals surface area contributed by atoms with Crippen LogP contribution in [-0.4, -0.2) is 25.2 Å². The lowest BCUT2D eigenvalue weighted by molar-refractivity contribution is 0.0720. The summed E-state index contributed by atoms with van der Waals surface area (Å²) in [6.45, 7) is 7.23. The second-order valence-corrected chi connectivity index (χ2v) is 13.3. The number of esters is 2. The minimum Gasteiger partial charge on any atom is -0.487 e. The summed E-state index contributed by atoms with van der Waals surface area (Å²) < 4.78 is 24.2. The van der Waals surface area contributed by atoms with Gasteiger partial charge in [0.05, 0.1) is 30.0 Å². The lowest BCUT2D eigenvalue weighted by atomic mass is 10.1. The first-order valence-corrected chi connectivity index (χ1v) is 19.0. The second-order valence-electron chi connectivity index (χ2n) is 12.8. The molecule has 0 heterocycles. The van der Waals surface area contributed by atoms with E-state index >= 15 is 0 Å². The average molecular weight is 727 g/mol. The Labute approximate surface area is 313 Å². The third-order valence-corrected chi connectivity index (χ3v) is 8.69. The van der Waals surface area contributed by atoms with E-state index in [0.29, 0.717) is 58.0 Å². The van der Waals surface area contributed by atoms with Crippen LogP contribution in [0, 0.1) is 6.92 Å². The van der Waals surface area contributed by atoms with Crippen molar-refractivity contribution in [2.24, 2.45) is 10.2 Å². The summed E-state index contributed by atoms with van der Waals surface area (Å²) in [5.74, 6) is 0.338. The van der Waals surface area contributed by atoms with Crippen LogP contribution in [-0.2, 0) is 0 Å². The van der Waals surface area contributed by atoms with Crippen molar-refractivity contribution < 1.29 is 28.5 Å². The predicted octanol–water partition coefficient (Wildman–Crippen LogP) is 13.0. The number of hydrogen-bond acceptors (Lipinski definition) is 8. The average Bonchev–Trinajstić information content (AvgIpc) is 3.15. The molecule has 0 aromatic heterocycles. The van der Waals surface area contributed by atoms with Gasteiger partial charge in [0, 0.05) is 5.02 Å². The van der Waals surface area contributed by atoms with E-state index in [2.05, 4.69) is 24.1 Å². The van der Waals surface area contributed by atoms with E-state index in [1.165, 1.54) is 38.5 Å². The SMILES string of the molecule is CCCCCCCCOc1c(N=Nc2ccc(OC(=O)c3ccc(C)cc3)cc2)ccc(OC(=O)c2ccc(Cl)cc2)c1OCCCCCCCC. The number of nitrogens with zero attached hydrogens (tertiary/aromatic N) is 2. The van der Waals surface area contributed by atoms with Gasteiger partial charge in [-0.1, -0.05) is 107 Å². The number of hydrogen-bond donors (Lipinski definition) is 0. The molecule has 0 saturated carbocycles. The third-order valence-electron chi connectivity index (χ3n) is 8.43. The number of carbonyl (C=O) groups is 2. The highest BCUT2D eigenvalue weighted by atomic mass is 35.5. The highest BCUT2D eigenvalue weighted by Crippen LogP contribution is 2.46. The molecule has 8 nitrogen and oxygen atoms in total. The first-order chi connectivity index (χ1) is 25.4. The Bertz CT molecular complexity index is 1710. The van der Waals surface area contributed by atoms with Gasteiger partial charge in [-0.3, -0.25) is 0 Å². The molecule has 0 spiro atoms. The molecule has 9 heteroatoms. The molecule has 4 aromatic rings. The quantitative estimate of drug-likeness (QED) is 0.0346. The Kier molecular flexibility index (Phi) is 17.2. The number of ether oxygens (including phenoxy) is 4. The minimum absolute atomic E-state index is 0.238. The van der Waals surface area contributed by atoms with Gasteiger partial charge in [-0.2, -0.15) is 5.11 Å². The van der Waals surface area contributed by atoms with Crippen LogP contribution in [0.4, 0.5) is 11.4 Å². The molecule has 0 aliphatic rings. The zero-order chi connectivity index (χ0) is 37.0. The number of rotatable bonds is 22. The fourth-order valence-electron chi connectivity index (χ4n) is 5.38. The van der Waals surface area contributed by atoms with E-state index in [-0.39, 0.29) is 5.75 Å². The summed E-state index contributed by atoms with van der Waals surface area (Å²) in [6.07, 6.45) is 13.2. The fourth-order valence-corrected chi connectivity index (χ4v) is 5.50. The molecule has 52 heavy (non-hydrogen) atoms. The van der Waals surface area contributed by atoms with Crippen molar-refractivity contribution in [3.63, 3.8) is 0 Å². The maximum atomic E-state index is 13.2. The van der Waals surface area contributed by atoms with Crippen LogP contribution < -0.4 is 18.9 Å². The highest BCUT2D eigenvalue weighted by molar-refractivity contribution is 6.30. The normalized spacial score (nSPS) is 11.1. The Balaban J connectivity index is 1.56. The number of carbonyl (C=O) groups excluding carboxylic acids is 2. The van der Waals surface area contributed by atoms with Crippen molar-refractivity contribution in [1.29, 1.82) is 0 Å². The smallest absolute Gasteiger partial charge is 0.343 e. The van der Waals surface area contributed by atoms with Gasteiger partial charge in [-0.05, 0) is 92.6 Å².